The Morgan fingerprint density at radius 3 is 2.47 bits per heavy atom. The third-order valence-corrected chi connectivity index (χ3v) is 3.60. The van der Waals surface area contributed by atoms with Gasteiger partial charge in [-0.15, -0.1) is 0 Å². The van der Waals surface area contributed by atoms with Crippen LogP contribution in [0.2, 0.25) is 5.02 Å². The molecule has 2 rings (SSSR count). The zero-order valence-corrected chi connectivity index (χ0v) is 10.6. The first-order chi connectivity index (χ1) is 8.16. The fourth-order valence-electron chi connectivity index (χ4n) is 2.33. The summed E-state index contributed by atoms with van der Waals surface area (Å²) in [6.45, 7) is 0. The van der Waals surface area contributed by atoms with Gasteiger partial charge in [-0.2, -0.15) is 0 Å². The number of nitrogens with one attached hydrogen (secondary N) is 1. The van der Waals surface area contributed by atoms with Crippen LogP contribution in [-0.4, -0.2) is 6.04 Å². The van der Waals surface area contributed by atoms with Crippen molar-refractivity contribution in [3.63, 3.8) is 0 Å². The molecule has 0 atom stereocenters. The average Bonchev–Trinajstić information content (AvgIpc) is 2.54. The largest absolute Gasteiger partial charge is 0.397 e. The van der Waals surface area contributed by atoms with E-state index in [0.29, 0.717) is 17.4 Å². The van der Waals surface area contributed by atoms with Gasteiger partial charge in [-0.1, -0.05) is 37.3 Å². The van der Waals surface area contributed by atoms with Gasteiger partial charge in [0.2, 0.25) is 0 Å². The molecule has 1 fully saturated rings. The van der Waals surface area contributed by atoms with Crippen LogP contribution in [0.15, 0.2) is 12.1 Å². The zero-order chi connectivity index (χ0) is 12.3. The van der Waals surface area contributed by atoms with E-state index in [-0.39, 0.29) is 5.02 Å². The Morgan fingerprint density at radius 1 is 1.18 bits per heavy atom. The highest BCUT2D eigenvalue weighted by molar-refractivity contribution is 6.31. The van der Waals surface area contributed by atoms with Crippen molar-refractivity contribution in [2.75, 3.05) is 11.1 Å². The number of nitrogens with two attached hydrogens (primary N) is 1. The molecule has 0 radical (unpaired) electrons. The fourth-order valence-corrected chi connectivity index (χ4v) is 2.50. The molecule has 1 aromatic carbocycles. The number of hydrogen-bond acceptors (Lipinski definition) is 2. The number of benzene rings is 1. The van der Waals surface area contributed by atoms with E-state index in [1.165, 1.54) is 37.8 Å². The van der Waals surface area contributed by atoms with Crippen molar-refractivity contribution in [2.45, 2.75) is 44.6 Å². The monoisotopic (exact) mass is 256 g/mol. The molecule has 2 nitrogen and oxygen atoms in total. The highest BCUT2D eigenvalue weighted by Gasteiger charge is 2.14. The average molecular weight is 257 g/mol. The van der Waals surface area contributed by atoms with E-state index in [2.05, 4.69) is 5.32 Å². The van der Waals surface area contributed by atoms with Crippen LogP contribution < -0.4 is 11.1 Å². The summed E-state index contributed by atoms with van der Waals surface area (Å²) in [6, 6.07) is 3.26. The maximum atomic E-state index is 13.4. The van der Waals surface area contributed by atoms with Crippen LogP contribution in [0.4, 0.5) is 15.8 Å². The summed E-state index contributed by atoms with van der Waals surface area (Å²) in [4.78, 5) is 0. The van der Waals surface area contributed by atoms with E-state index >= 15 is 0 Å². The van der Waals surface area contributed by atoms with Crippen LogP contribution in [0, 0.1) is 5.82 Å². The minimum atomic E-state index is -0.419. The second-order valence-corrected chi connectivity index (χ2v) is 5.09. The molecule has 0 spiro atoms. The molecule has 0 aromatic heterocycles. The van der Waals surface area contributed by atoms with Crippen LogP contribution in [0.5, 0.6) is 0 Å². The van der Waals surface area contributed by atoms with Crippen molar-refractivity contribution < 1.29 is 4.39 Å². The minimum absolute atomic E-state index is 0.0777. The molecule has 4 heteroatoms. The predicted molar refractivity (Wildman–Crippen MR) is 70.9 cm³/mol. The molecular formula is C13H18ClFN2. The quantitative estimate of drug-likeness (QED) is 0.615. The lowest BCUT2D eigenvalue weighted by atomic mass is 10.1. The van der Waals surface area contributed by atoms with Crippen molar-refractivity contribution in [1.82, 2.24) is 0 Å². The Labute approximate surface area is 106 Å². The van der Waals surface area contributed by atoms with E-state index in [4.69, 9.17) is 17.3 Å². The molecule has 17 heavy (non-hydrogen) atoms. The predicted octanol–water partition coefficient (Wildman–Crippen LogP) is 4.20. The number of anilines is 2. The van der Waals surface area contributed by atoms with Crippen LogP contribution >= 0.6 is 11.6 Å². The minimum Gasteiger partial charge on any atom is -0.397 e. The van der Waals surface area contributed by atoms with E-state index in [1.54, 1.807) is 0 Å². The van der Waals surface area contributed by atoms with Gasteiger partial charge in [-0.3, -0.25) is 0 Å². The Kier molecular flexibility index (Phi) is 4.11. The first kappa shape index (κ1) is 12.5. The summed E-state index contributed by atoms with van der Waals surface area (Å²) in [5.74, 6) is -0.419. The molecule has 0 heterocycles. The molecule has 3 N–H and O–H groups in total. The smallest absolute Gasteiger partial charge is 0.143 e. The standard InChI is InChI=1S/C13H18ClFN2/c14-10-7-12(16)13(8-11(10)15)17-9-5-3-1-2-4-6-9/h7-9,17H,1-6,16H2. The van der Waals surface area contributed by atoms with Gasteiger partial charge in [-0.05, 0) is 18.9 Å². The molecule has 1 aliphatic rings. The van der Waals surface area contributed by atoms with Gasteiger partial charge in [0.25, 0.3) is 0 Å². The summed E-state index contributed by atoms with van der Waals surface area (Å²) in [7, 11) is 0. The lowest BCUT2D eigenvalue weighted by Crippen LogP contribution is -2.19. The zero-order valence-electron chi connectivity index (χ0n) is 9.81. The summed E-state index contributed by atoms with van der Waals surface area (Å²) >= 11 is 5.67. The first-order valence-electron chi connectivity index (χ1n) is 6.18. The number of halogens is 2. The summed E-state index contributed by atoms with van der Waals surface area (Å²) < 4.78 is 13.4. The summed E-state index contributed by atoms with van der Waals surface area (Å²) in [5, 5.41) is 3.41. The van der Waals surface area contributed by atoms with Crippen LogP contribution in [0.1, 0.15) is 38.5 Å². The molecule has 0 bridgehead atoms. The SMILES string of the molecule is Nc1cc(Cl)c(F)cc1NC1CCCCCC1. The molecular weight excluding hydrogens is 239 g/mol. The van der Waals surface area contributed by atoms with E-state index < -0.39 is 5.82 Å². The highest BCUT2D eigenvalue weighted by atomic mass is 35.5. The second-order valence-electron chi connectivity index (χ2n) is 4.69. The molecule has 0 saturated heterocycles. The van der Waals surface area contributed by atoms with Gasteiger partial charge in [0.1, 0.15) is 5.82 Å². The fraction of sp³-hybridized carbons (Fsp3) is 0.538. The third-order valence-electron chi connectivity index (χ3n) is 3.31. The van der Waals surface area contributed by atoms with Crippen molar-refractivity contribution in [1.29, 1.82) is 0 Å². The molecule has 0 amide bonds. The van der Waals surface area contributed by atoms with Crippen LogP contribution in [0.3, 0.4) is 0 Å². The summed E-state index contributed by atoms with van der Waals surface area (Å²) in [6.07, 6.45) is 7.31. The van der Waals surface area contributed by atoms with E-state index in [9.17, 15) is 4.39 Å². The molecule has 1 aliphatic carbocycles. The Hall–Kier alpha value is -0.960. The van der Waals surface area contributed by atoms with Crippen molar-refractivity contribution >= 4 is 23.0 Å². The highest BCUT2D eigenvalue weighted by Crippen LogP contribution is 2.28. The van der Waals surface area contributed by atoms with Crippen LogP contribution in [0.25, 0.3) is 0 Å². The number of hydrogen-bond donors (Lipinski definition) is 2. The Bertz CT molecular complexity index is 387. The topological polar surface area (TPSA) is 38.0 Å². The molecule has 1 aromatic rings. The maximum Gasteiger partial charge on any atom is 0.143 e. The van der Waals surface area contributed by atoms with Gasteiger partial charge < -0.3 is 11.1 Å². The lowest BCUT2D eigenvalue weighted by Gasteiger charge is -2.19. The Morgan fingerprint density at radius 2 is 1.82 bits per heavy atom. The van der Waals surface area contributed by atoms with Gasteiger partial charge in [0.05, 0.1) is 16.4 Å². The van der Waals surface area contributed by atoms with Crippen molar-refractivity contribution in [3.8, 4) is 0 Å². The summed E-state index contributed by atoms with van der Waals surface area (Å²) in [5.41, 5.74) is 7.01. The molecule has 94 valence electrons. The van der Waals surface area contributed by atoms with Crippen LogP contribution in [-0.2, 0) is 0 Å². The number of nitrogen functional groups attached to an aromatic ring is 1. The molecule has 0 aliphatic heterocycles. The van der Waals surface area contributed by atoms with Gasteiger partial charge >= 0.3 is 0 Å². The van der Waals surface area contributed by atoms with E-state index in [0.717, 1.165) is 12.8 Å². The third kappa shape index (κ3) is 3.25. The maximum absolute atomic E-state index is 13.4. The van der Waals surface area contributed by atoms with Crippen molar-refractivity contribution in [2.24, 2.45) is 0 Å². The lowest BCUT2D eigenvalue weighted by molar-refractivity contribution is 0.613. The second kappa shape index (κ2) is 5.58. The molecule has 0 unspecified atom stereocenters. The van der Waals surface area contributed by atoms with E-state index in [1.807, 2.05) is 0 Å². The van der Waals surface area contributed by atoms with Gasteiger partial charge in [0, 0.05) is 12.1 Å². The van der Waals surface area contributed by atoms with Crippen molar-refractivity contribution in [3.05, 3.63) is 23.0 Å². The Balaban J connectivity index is 2.09. The number of rotatable bonds is 2. The first-order valence-corrected chi connectivity index (χ1v) is 6.55. The van der Waals surface area contributed by atoms with Gasteiger partial charge in [-0.25, -0.2) is 4.39 Å². The molecule has 1 saturated carbocycles. The van der Waals surface area contributed by atoms with Gasteiger partial charge in [0.15, 0.2) is 0 Å². The normalized spacial score (nSPS) is 17.8.